The highest BCUT2D eigenvalue weighted by molar-refractivity contribution is 7.89. The highest BCUT2D eigenvalue weighted by atomic mass is 32.2. The first-order valence-electron chi connectivity index (χ1n) is 3.85. The summed E-state index contributed by atoms with van der Waals surface area (Å²) in [6.45, 7) is 0.256. The molecule has 0 bridgehead atoms. The Kier molecular flexibility index (Phi) is 3.12. The minimum absolute atomic E-state index is 0.0512. The first-order valence-corrected chi connectivity index (χ1v) is 5.39. The zero-order chi connectivity index (χ0) is 10.6. The second kappa shape index (κ2) is 4.13. The van der Waals surface area contributed by atoms with Gasteiger partial charge in [-0.05, 0) is 12.1 Å². The predicted molar refractivity (Wildman–Crippen MR) is 55.1 cm³/mol. The molecule has 1 aromatic carbocycles. The van der Waals surface area contributed by atoms with Crippen LogP contribution >= 0.6 is 0 Å². The van der Waals surface area contributed by atoms with Crippen LogP contribution in [0.3, 0.4) is 0 Å². The number of para-hydroxylation sites is 1. The van der Waals surface area contributed by atoms with Crippen molar-refractivity contribution in [1.82, 2.24) is 0 Å². The van der Waals surface area contributed by atoms with Gasteiger partial charge in [0.2, 0.25) is 10.0 Å². The lowest BCUT2D eigenvalue weighted by Crippen LogP contribution is -2.15. The Bertz CT molecular complexity index is 460. The molecule has 0 unspecified atom stereocenters. The van der Waals surface area contributed by atoms with Gasteiger partial charge in [0.25, 0.3) is 0 Å². The van der Waals surface area contributed by atoms with E-state index in [4.69, 9.17) is 11.6 Å². The summed E-state index contributed by atoms with van der Waals surface area (Å²) in [6.07, 6.45) is 5.04. The second-order valence-corrected chi connectivity index (χ2v) is 4.13. The molecular weight excluding hydrogens is 200 g/mol. The van der Waals surface area contributed by atoms with Gasteiger partial charge in [-0.3, -0.25) is 0 Å². The standard InChI is InChI=1S/C9H10N2O2S/c1-2-7-11-8-5-3-4-6-9(8)14(10,12)13/h1,3-6,11H,7H2,(H2,10,12,13). The number of nitrogens with two attached hydrogens (primary N) is 1. The number of nitrogens with one attached hydrogen (secondary N) is 1. The van der Waals surface area contributed by atoms with Crippen LogP contribution in [0.4, 0.5) is 5.69 Å². The average Bonchev–Trinajstić information content (AvgIpc) is 2.14. The lowest BCUT2D eigenvalue weighted by molar-refractivity contribution is 0.598. The number of benzene rings is 1. The third kappa shape index (κ3) is 2.49. The quantitative estimate of drug-likeness (QED) is 0.708. The van der Waals surface area contributed by atoms with Crippen molar-refractivity contribution in [1.29, 1.82) is 0 Å². The van der Waals surface area contributed by atoms with E-state index >= 15 is 0 Å². The van der Waals surface area contributed by atoms with E-state index in [1.54, 1.807) is 18.2 Å². The van der Waals surface area contributed by atoms with Gasteiger partial charge in [-0.2, -0.15) is 0 Å². The highest BCUT2D eigenvalue weighted by Crippen LogP contribution is 2.18. The van der Waals surface area contributed by atoms with E-state index in [9.17, 15) is 8.42 Å². The van der Waals surface area contributed by atoms with Gasteiger partial charge in [0, 0.05) is 0 Å². The topological polar surface area (TPSA) is 72.2 Å². The Hall–Kier alpha value is -1.51. The van der Waals surface area contributed by atoms with Crippen LogP contribution in [-0.4, -0.2) is 15.0 Å². The number of primary sulfonamides is 1. The van der Waals surface area contributed by atoms with E-state index in [0.29, 0.717) is 5.69 Å². The molecular formula is C9H10N2O2S. The van der Waals surface area contributed by atoms with Crippen molar-refractivity contribution in [3.63, 3.8) is 0 Å². The van der Waals surface area contributed by atoms with Crippen molar-refractivity contribution in [3.8, 4) is 12.3 Å². The van der Waals surface area contributed by atoms with Crippen molar-refractivity contribution >= 4 is 15.7 Å². The third-order valence-corrected chi connectivity index (χ3v) is 2.54. The second-order valence-electron chi connectivity index (χ2n) is 2.60. The molecule has 5 heteroatoms. The molecule has 14 heavy (non-hydrogen) atoms. The van der Waals surface area contributed by atoms with Gasteiger partial charge in [0.05, 0.1) is 12.2 Å². The number of anilines is 1. The van der Waals surface area contributed by atoms with E-state index < -0.39 is 10.0 Å². The Morgan fingerprint density at radius 1 is 1.43 bits per heavy atom. The molecule has 0 saturated carbocycles. The zero-order valence-electron chi connectivity index (χ0n) is 7.40. The number of hydrogen-bond acceptors (Lipinski definition) is 3. The summed E-state index contributed by atoms with van der Waals surface area (Å²) < 4.78 is 22.2. The Balaban J connectivity index is 3.12. The van der Waals surface area contributed by atoms with Crippen molar-refractivity contribution < 1.29 is 8.42 Å². The van der Waals surface area contributed by atoms with Crippen molar-refractivity contribution in [3.05, 3.63) is 24.3 Å². The predicted octanol–water partition coefficient (Wildman–Crippen LogP) is 0.379. The van der Waals surface area contributed by atoms with Gasteiger partial charge in [-0.15, -0.1) is 6.42 Å². The monoisotopic (exact) mass is 210 g/mol. The van der Waals surface area contributed by atoms with Crippen LogP contribution in [0.25, 0.3) is 0 Å². The summed E-state index contributed by atoms with van der Waals surface area (Å²) in [4.78, 5) is 0.0512. The van der Waals surface area contributed by atoms with Crippen LogP contribution in [0.1, 0.15) is 0 Å². The van der Waals surface area contributed by atoms with Gasteiger partial charge in [0.1, 0.15) is 4.90 Å². The van der Waals surface area contributed by atoms with Gasteiger partial charge in [0.15, 0.2) is 0 Å². The van der Waals surface area contributed by atoms with E-state index in [-0.39, 0.29) is 11.4 Å². The SMILES string of the molecule is C#CCNc1ccccc1S(N)(=O)=O. The first kappa shape index (κ1) is 10.6. The van der Waals surface area contributed by atoms with E-state index in [1.807, 2.05) is 0 Å². The first-order chi connectivity index (χ1) is 6.55. The van der Waals surface area contributed by atoms with Crippen molar-refractivity contribution in [2.45, 2.75) is 4.90 Å². The Morgan fingerprint density at radius 3 is 2.64 bits per heavy atom. The molecule has 0 amide bonds. The number of terminal acetylenes is 1. The van der Waals surface area contributed by atoms with Crippen LogP contribution in [0.5, 0.6) is 0 Å². The fourth-order valence-corrected chi connectivity index (χ4v) is 1.72. The molecule has 0 heterocycles. The van der Waals surface area contributed by atoms with E-state index in [2.05, 4.69) is 11.2 Å². The van der Waals surface area contributed by atoms with E-state index in [0.717, 1.165) is 0 Å². The molecule has 0 spiro atoms. The van der Waals surface area contributed by atoms with Gasteiger partial charge >= 0.3 is 0 Å². The summed E-state index contributed by atoms with van der Waals surface area (Å²) in [7, 11) is -3.69. The molecule has 0 saturated heterocycles. The van der Waals surface area contributed by atoms with Gasteiger partial charge < -0.3 is 5.32 Å². The molecule has 74 valence electrons. The highest BCUT2D eigenvalue weighted by Gasteiger charge is 2.11. The lowest BCUT2D eigenvalue weighted by atomic mass is 10.3. The summed E-state index contributed by atoms with van der Waals surface area (Å²) in [6, 6.07) is 6.33. The number of hydrogen-bond donors (Lipinski definition) is 2. The molecule has 0 aliphatic heterocycles. The molecule has 1 aromatic rings. The maximum Gasteiger partial charge on any atom is 0.240 e. The zero-order valence-corrected chi connectivity index (χ0v) is 8.21. The van der Waals surface area contributed by atoms with E-state index in [1.165, 1.54) is 6.07 Å². The molecule has 4 nitrogen and oxygen atoms in total. The third-order valence-electron chi connectivity index (χ3n) is 1.57. The largest absolute Gasteiger partial charge is 0.373 e. The molecule has 3 N–H and O–H groups in total. The summed E-state index contributed by atoms with van der Waals surface area (Å²) in [5.74, 6) is 2.35. The fraction of sp³-hybridized carbons (Fsp3) is 0.111. The number of sulfonamides is 1. The van der Waals surface area contributed by atoms with Crippen LogP contribution < -0.4 is 10.5 Å². The average molecular weight is 210 g/mol. The normalized spacial score (nSPS) is 10.6. The van der Waals surface area contributed by atoms with Crippen LogP contribution in [-0.2, 0) is 10.0 Å². The fourth-order valence-electron chi connectivity index (χ4n) is 1.01. The minimum atomic E-state index is -3.69. The smallest absolute Gasteiger partial charge is 0.240 e. The molecule has 0 aromatic heterocycles. The lowest BCUT2D eigenvalue weighted by Gasteiger charge is -2.07. The molecule has 1 rings (SSSR count). The summed E-state index contributed by atoms with van der Waals surface area (Å²) in [5.41, 5.74) is 0.424. The Labute approximate surface area is 83.2 Å². The van der Waals surface area contributed by atoms with Crippen molar-refractivity contribution in [2.24, 2.45) is 5.14 Å². The number of rotatable bonds is 3. The summed E-state index contributed by atoms with van der Waals surface area (Å²) in [5, 5.41) is 7.78. The Morgan fingerprint density at radius 2 is 2.07 bits per heavy atom. The maximum atomic E-state index is 11.1. The molecule has 0 atom stereocenters. The van der Waals surface area contributed by atoms with Gasteiger partial charge in [-0.25, -0.2) is 13.6 Å². The molecule has 0 aliphatic rings. The van der Waals surface area contributed by atoms with Crippen molar-refractivity contribution in [2.75, 3.05) is 11.9 Å². The van der Waals surface area contributed by atoms with Gasteiger partial charge in [-0.1, -0.05) is 18.1 Å². The summed E-state index contributed by atoms with van der Waals surface area (Å²) >= 11 is 0. The molecule has 0 aliphatic carbocycles. The minimum Gasteiger partial charge on any atom is -0.373 e. The maximum absolute atomic E-state index is 11.1. The molecule has 0 fully saturated rings. The van der Waals surface area contributed by atoms with Crippen LogP contribution in [0.15, 0.2) is 29.2 Å². The van der Waals surface area contributed by atoms with Crippen LogP contribution in [0.2, 0.25) is 0 Å². The van der Waals surface area contributed by atoms with Crippen LogP contribution in [0, 0.1) is 12.3 Å². The molecule has 0 radical (unpaired) electrons.